The molecule has 0 saturated heterocycles. The molecule has 0 bridgehead atoms. The molecule has 1 aromatic rings. The molecular weight excluding hydrogens is 420 g/mol. The Labute approximate surface area is 133 Å². The third-order valence-electron chi connectivity index (χ3n) is 2.87. The van der Waals surface area contributed by atoms with Crippen molar-refractivity contribution < 1.29 is 24.2 Å². The van der Waals surface area contributed by atoms with E-state index in [4.69, 9.17) is 4.84 Å². The second kappa shape index (κ2) is 7.28. The van der Waals surface area contributed by atoms with Gasteiger partial charge < -0.3 is 0 Å². The maximum absolute atomic E-state index is 5.40. The molecule has 0 aliphatic carbocycles. The summed E-state index contributed by atoms with van der Waals surface area (Å²) in [5.41, 5.74) is 3.31. The monoisotopic (exact) mass is 444 g/mol. The van der Waals surface area contributed by atoms with Crippen molar-refractivity contribution in [3.63, 3.8) is 0 Å². The van der Waals surface area contributed by atoms with Crippen LogP contribution in [0.4, 0.5) is 0 Å². The van der Waals surface area contributed by atoms with E-state index in [1.54, 1.807) is 0 Å². The number of nitrogens with zero attached hydrogens (tertiary/aromatic N) is 2. The summed E-state index contributed by atoms with van der Waals surface area (Å²) in [6.07, 6.45) is 0.869. The van der Waals surface area contributed by atoms with Gasteiger partial charge in [-0.1, -0.05) is 13.8 Å². The molecule has 0 amide bonds. The Hall–Kier alpha value is -0.792. The van der Waals surface area contributed by atoms with Gasteiger partial charge in [0, 0.05) is 0 Å². The van der Waals surface area contributed by atoms with Crippen molar-refractivity contribution in [3.05, 3.63) is 35.4 Å². The molecule has 1 aliphatic heterocycles. The van der Waals surface area contributed by atoms with Crippen LogP contribution in [0.2, 0.25) is 0 Å². The first-order chi connectivity index (χ1) is 9.39. The van der Waals surface area contributed by atoms with Gasteiger partial charge in [0.15, 0.2) is 0 Å². The number of rotatable bonds is 3. The third-order valence-corrected chi connectivity index (χ3v) is 5.03. The summed E-state index contributed by atoms with van der Waals surface area (Å²) in [6, 6.07) is 8.58. The third kappa shape index (κ3) is 4.36. The molecule has 0 spiro atoms. The summed E-state index contributed by atoms with van der Waals surface area (Å²) in [7, 11) is 4.15. The van der Waals surface area contributed by atoms with Crippen LogP contribution in [0.1, 0.15) is 45.2 Å². The van der Waals surface area contributed by atoms with Gasteiger partial charge in [-0.2, -0.15) is 0 Å². The fraction of sp³-hybridized carbons (Fsp3) is 0.500. The Morgan fingerprint density at radius 1 is 1.20 bits per heavy atom. The minimum atomic E-state index is -0.163. The molecule has 0 N–H and O–H groups in total. The van der Waals surface area contributed by atoms with Crippen LogP contribution in [-0.4, -0.2) is 34.3 Å². The Bertz CT molecular complexity index is 490. The van der Waals surface area contributed by atoms with E-state index in [9.17, 15) is 0 Å². The van der Waals surface area contributed by atoms with E-state index >= 15 is 0 Å². The number of oxime groups is 1. The van der Waals surface area contributed by atoms with E-state index in [0.717, 1.165) is 17.7 Å². The zero-order valence-corrected chi connectivity index (χ0v) is 16.2. The Kier molecular flexibility index (Phi) is 6.29. The van der Waals surface area contributed by atoms with Crippen molar-refractivity contribution in [1.82, 2.24) is 4.90 Å². The van der Waals surface area contributed by atoms with Crippen LogP contribution in [0.25, 0.3) is 0 Å². The van der Waals surface area contributed by atoms with E-state index in [2.05, 4.69) is 62.3 Å². The molecule has 0 atom stereocenters. The van der Waals surface area contributed by atoms with Gasteiger partial charge in [-0.25, -0.2) is 0 Å². The van der Waals surface area contributed by atoms with Crippen molar-refractivity contribution in [2.24, 2.45) is 5.16 Å². The molecule has 110 valence electrons. The fourth-order valence-corrected chi connectivity index (χ4v) is 2.35. The molecule has 2 rings (SSSR count). The minimum absolute atomic E-state index is 0.163. The standard InChI is InChI=1S/C14H18N2O.C2H6.W/c1-14(2)9-13(15-17-14)12-7-5-11(6-8-12)10-16(3)4;1-2;/h5-8H,9H2,1-4H3;1-2H3;. The van der Waals surface area contributed by atoms with Gasteiger partial charge in [0.05, 0.1) is 0 Å². The van der Waals surface area contributed by atoms with Gasteiger partial charge in [-0.15, -0.1) is 0 Å². The molecule has 0 fully saturated rings. The van der Waals surface area contributed by atoms with Crippen LogP contribution < -0.4 is 0 Å². The molecule has 0 unspecified atom stereocenters. The number of hydrogen-bond donors (Lipinski definition) is 0. The summed E-state index contributed by atoms with van der Waals surface area (Å²) in [5, 5.41) is 4.17. The topological polar surface area (TPSA) is 24.8 Å². The first kappa shape index (κ1) is 17.3. The zero-order chi connectivity index (χ0) is 15.3. The van der Waals surface area contributed by atoms with Crippen LogP contribution >= 0.6 is 0 Å². The van der Waals surface area contributed by atoms with Crippen LogP contribution in [0.5, 0.6) is 0 Å². The number of hydrogen-bond acceptors (Lipinski definition) is 3. The SMILES string of the molecule is CC.CN(C)[C](=[W])c1ccc(C2=NOC(C)(C)C2)cc1. The molecule has 1 aromatic carbocycles. The molecule has 1 aliphatic rings. The van der Waals surface area contributed by atoms with E-state index in [1.165, 1.54) is 28.9 Å². The van der Waals surface area contributed by atoms with E-state index < -0.39 is 0 Å². The van der Waals surface area contributed by atoms with Gasteiger partial charge >= 0.3 is 119 Å². The Morgan fingerprint density at radius 2 is 1.75 bits per heavy atom. The molecule has 1 heterocycles. The molecular formula is C16H24N2OW. The summed E-state index contributed by atoms with van der Waals surface area (Å²) >= 11 is 1.48. The van der Waals surface area contributed by atoms with Gasteiger partial charge in [0.1, 0.15) is 0 Å². The molecule has 0 radical (unpaired) electrons. The first-order valence-electron chi connectivity index (χ1n) is 6.96. The van der Waals surface area contributed by atoms with Crippen molar-refractivity contribution >= 4 is 9.73 Å². The van der Waals surface area contributed by atoms with Gasteiger partial charge in [-0.3, -0.25) is 0 Å². The van der Waals surface area contributed by atoms with Gasteiger partial charge in [0.25, 0.3) is 0 Å². The molecule has 3 nitrogen and oxygen atoms in total. The second-order valence-electron chi connectivity index (χ2n) is 5.34. The van der Waals surface area contributed by atoms with Crippen molar-refractivity contribution in [1.29, 1.82) is 0 Å². The quantitative estimate of drug-likeness (QED) is 0.716. The van der Waals surface area contributed by atoms with E-state index in [0.29, 0.717) is 0 Å². The predicted molar refractivity (Wildman–Crippen MR) is 81.9 cm³/mol. The van der Waals surface area contributed by atoms with Crippen LogP contribution in [0.3, 0.4) is 0 Å². The summed E-state index contributed by atoms with van der Waals surface area (Å²) in [6.45, 7) is 8.12. The van der Waals surface area contributed by atoms with Crippen LogP contribution in [0, 0.1) is 0 Å². The molecule has 4 heteroatoms. The Balaban J connectivity index is 0.000000956. The van der Waals surface area contributed by atoms with Gasteiger partial charge in [-0.05, 0) is 0 Å². The van der Waals surface area contributed by atoms with Crippen LogP contribution in [-0.2, 0) is 24.2 Å². The van der Waals surface area contributed by atoms with E-state index in [1.807, 2.05) is 13.8 Å². The van der Waals surface area contributed by atoms with Crippen molar-refractivity contribution in [2.45, 2.75) is 39.7 Å². The average Bonchev–Trinajstić information content (AvgIpc) is 2.80. The zero-order valence-electron chi connectivity index (χ0n) is 13.2. The normalized spacial score (nSPS) is 16.1. The number of benzene rings is 1. The van der Waals surface area contributed by atoms with Gasteiger partial charge in [0.2, 0.25) is 0 Å². The summed E-state index contributed by atoms with van der Waals surface area (Å²) in [4.78, 5) is 7.56. The average molecular weight is 444 g/mol. The first-order valence-corrected chi connectivity index (χ1v) is 8.43. The van der Waals surface area contributed by atoms with Crippen molar-refractivity contribution in [3.8, 4) is 0 Å². The predicted octanol–water partition coefficient (Wildman–Crippen LogP) is 3.20. The molecule has 0 saturated carbocycles. The second-order valence-corrected chi connectivity index (χ2v) is 6.73. The van der Waals surface area contributed by atoms with Crippen molar-refractivity contribution in [2.75, 3.05) is 14.1 Å². The fourth-order valence-electron chi connectivity index (χ4n) is 1.86. The molecule has 20 heavy (non-hydrogen) atoms. The van der Waals surface area contributed by atoms with Crippen LogP contribution in [0.15, 0.2) is 29.4 Å². The maximum atomic E-state index is 5.40. The summed E-state index contributed by atoms with van der Waals surface area (Å²) < 4.78 is 1.34. The van der Waals surface area contributed by atoms with E-state index in [-0.39, 0.29) is 5.60 Å². The summed E-state index contributed by atoms with van der Waals surface area (Å²) in [5.74, 6) is 0. The Morgan fingerprint density at radius 3 is 2.15 bits per heavy atom. The molecule has 0 aromatic heterocycles.